The van der Waals surface area contributed by atoms with E-state index in [1.54, 1.807) is 23.5 Å². The van der Waals surface area contributed by atoms with Crippen molar-refractivity contribution in [2.75, 3.05) is 12.3 Å². The molecular formula is C34H33ClN2O5S2. The summed E-state index contributed by atoms with van der Waals surface area (Å²) >= 11 is 7.65. The maximum Gasteiger partial charge on any atom is 0.266 e. The van der Waals surface area contributed by atoms with Gasteiger partial charge in [0, 0.05) is 29.1 Å². The molecule has 0 saturated heterocycles. The fraction of sp³-hybridized carbons (Fsp3) is 0.235. The quantitative estimate of drug-likeness (QED) is 0.148. The Labute approximate surface area is 266 Å². The van der Waals surface area contributed by atoms with Crippen LogP contribution < -0.4 is 5.32 Å². The number of halogens is 1. The number of aromatic nitrogens is 1. The number of nitrogens with one attached hydrogen (secondary N) is 1. The van der Waals surface area contributed by atoms with E-state index in [0.717, 1.165) is 32.8 Å². The molecule has 0 bridgehead atoms. The molecule has 1 amide bonds. The number of hydrogen-bond acceptors (Lipinski definition) is 6. The van der Waals surface area contributed by atoms with Crippen molar-refractivity contribution in [1.82, 2.24) is 10.5 Å². The molecule has 2 heterocycles. The highest BCUT2D eigenvalue weighted by Crippen LogP contribution is 2.36. The van der Waals surface area contributed by atoms with Gasteiger partial charge in [0.1, 0.15) is 0 Å². The highest BCUT2D eigenvalue weighted by Gasteiger charge is 2.22. The van der Waals surface area contributed by atoms with Crippen LogP contribution in [-0.4, -0.2) is 36.3 Å². The summed E-state index contributed by atoms with van der Waals surface area (Å²) < 4.78 is 36.6. The molecule has 0 aliphatic heterocycles. The Morgan fingerprint density at radius 2 is 1.66 bits per heavy atom. The van der Waals surface area contributed by atoms with Crippen molar-refractivity contribution in [2.24, 2.45) is 0 Å². The zero-order valence-corrected chi connectivity index (χ0v) is 27.0. The van der Waals surface area contributed by atoms with Crippen molar-refractivity contribution in [1.29, 1.82) is 0 Å². The van der Waals surface area contributed by atoms with Crippen LogP contribution in [0.1, 0.15) is 59.4 Å². The molecule has 0 saturated carbocycles. The minimum Gasteiger partial charge on any atom is -0.355 e. The Hall–Kier alpha value is -3.76. The lowest BCUT2D eigenvalue weighted by Crippen LogP contribution is -2.28. The summed E-state index contributed by atoms with van der Waals surface area (Å²) in [5.74, 6) is -0.366. The van der Waals surface area contributed by atoms with Crippen molar-refractivity contribution in [3.05, 3.63) is 123 Å². The molecule has 10 heteroatoms. The zero-order chi connectivity index (χ0) is 31.5. The van der Waals surface area contributed by atoms with E-state index < -0.39 is 21.8 Å². The number of carbonyl (C=O) groups is 1. The largest absolute Gasteiger partial charge is 0.355 e. The second kappa shape index (κ2) is 13.1. The van der Waals surface area contributed by atoms with Gasteiger partial charge in [0.2, 0.25) is 0 Å². The predicted octanol–water partition coefficient (Wildman–Crippen LogP) is 8.01. The van der Waals surface area contributed by atoms with Crippen LogP contribution in [0.25, 0.3) is 21.8 Å². The molecule has 1 atom stereocenters. The summed E-state index contributed by atoms with van der Waals surface area (Å²) in [6.07, 6.45) is 0.617. The van der Waals surface area contributed by atoms with Gasteiger partial charge in [-0.2, -0.15) is 8.42 Å². The zero-order valence-electron chi connectivity index (χ0n) is 24.6. The van der Waals surface area contributed by atoms with Crippen LogP contribution >= 0.6 is 22.9 Å². The van der Waals surface area contributed by atoms with Gasteiger partial charge in [-0.25, -0.2) is 0 Å². The summed E-state index contributed by atoms with van der Waals surface area (Å²) in [5, 5.41) is 9.80. The molecule has 0 fully saturated rings. The smallest absolute Gasteiger partial charge is 0.266 e. The Morgan fingerprint density at radius 1 is 0.977 bits per heavy atom. The van der Waals surface area contributed by atoms with Crippen molar-refractivity contribution < 1.29 is 22.3 Å². The van der Waals surface area contributed by atoms with Crippen LogP contribution in [-0.2, 0) is 22.0 Å². The van der Waals surface area contributed by atoms with Gasteiger partial charge in [-0.05, 0) is 75.4 Å². The van der Waals surface area contributed by atoms with Crippen LogP contribution in [0.5, 0.6) is 0 Å². The number of nitrogens with zero attached hydrogens (tertiary/aromatic N) is 1. The molecular weight excluding hydrogens is 616 g/mol. The number of hydrogen-bond donors (Lipinski definition) is 2. The number of thiophene rings is 1. The van der Waals surface area contributed by atoms with Crippen molar-refractivity contribution in [2.45, 2.75) is 38.5 Å². The topological polar surface area (TPSA) is 110 Å². The highest BCUT2D eigenvalue weighted by atomic mass is 35.5. The molecule has 2 aromatic heterocycles. The number of benzene rings is 3. The van der Waals surface area contributed by atoms with Crippen molar-refractivity contribution in [3.63, 3.8) is 0 Å². The van der Waals surface area contributed by atoms with E-state index in [1.807, 2.05) is 42.5 Å². The van der Waals surface area contributed by atoms with Gasteiger partial charge in [-0.1, -0.05) is 86.1 Å². The summed E-state index contributed by atoms with van der Waals surface area (Å²) in [4.78, 5) is 13.4. The molecule has 5 aromatic rings. The number of carbonyl (C=O) groups excluding carboxylic acids is 1. The van der Waals surface area contributed by atoms with Crippen LogP contribution in [0.3, 0.4) is 0 Å². The molecule has 0 aliphatic carbocycles. The van der Waals surface area contributed by atoms with Crippen molar-refractivity contribution in [3.8, 4) is 21.8 Å². The average molecular weight is 649 g/mol. The molecule has 1 unspecified atom stereocenters. The minimum absolute atomic E-state index is 0.0216. The van der Waals surface area contributed by atoms with Crippen LogP contribution in [0, 0.1) is 0 Å². The molecule has 7 nitrogen and oxygen atoms in total. The van der Waals surface area contributed by atoms with Crippen LogP contribution in [0.4, 0.5) is 0 Å². The van der Waals surface area contributed by atoms with Gasteiger partial charge in [0.15, 0.2) is 5.76 Å². The molecule has 228 valence electrons. The van der Waals surface area contributed by atoms with Gasteiger partial charge in [-0.3, -0.25) is 9.35 Å². The first-order valence-corrected chi connectivity index (χ1v) is 17.0. The molecule has 3 aromatic carbocycles. The SMILES string of the molecule is CC(C)(C)c1ccc(C(Cc2ccc(C(=O)NCCS(=O)(=O)O)cc2)c2cc(-c3cc(-c4ccc(Cl)cc4)cs3)on2)cc1. The maximum absolute atomic E-state index is 12.4. The molecule has 0 radical (unpaired) electrons. The molecule has 0 aliphatic rings. The van der Waals surface area contributed by atoms with E-state index in [2.05, 4.69) is 67.0 Å². The highest BCUT2D eigenvalue weighted by molar-refractivity contribution is 7.85. The summed E-state index contributed by atoms with van der Waals surface area (Å²) in [6, 6.07) is 27.6. The lowest BCUT2D eigenvalue weighted by Gasteiger charge is -2.21. The van der Waals surface area contributed by atoms with E-state index in [9.17, 15) is 13.2 Å². The second-order valence-electron chi connectivity index (χ2n) is 11.7. The summed E-state index contributed by atoms with van der Waals surface area (Å²) in [5.41, 5.74) is 6.70. The third-order valence-corrected chi connectivity index (χ3v) is 9.30. The fourth-order valence-electron chi connectivity index (χ4n) is 4.86. The van der Waals surface area contributed by atoms with Gasteiger partial charge < -0.3 is 9.84 Å². The third kappa shape index (κ3) is 8.04. The maximum atomic E-state index is 12.4. The van der Waals surface area contributed by atoms with Crippen molar-refractivity contribution >= 4 is 39.0 Å². The Kier molecular flexibility index (Phi) is 9.41. The Bertz CT molecular complexity index is 1840. The minimum atomic E-state index is -4.15. The second-order valence-corrected chi connectivity index (χ2v) is 14.6. The van der Waals surface area contributed by atoms with E-state index in [-0.39, 0.29) is 17.9 Å². The van der Waals surface area contributed by atoms with Crippen LogP contribution in [0.15, 0.2) is 94.8 Å². The number of rotatable bonds is 10. The lowest BCUT2D eigenvalue weighted by molar-refractivity contribution is 0.0956. The molecule has 5 rings (SSSR count). The van der Waals surface area contributed by atoms with E-state index in [4.69, 9.17) is 20.7 Å². The van der Waals surface area contributed by atoms with Gasteiger partial charge >= 0.3 is 0 Å². The Balaban J connectivity index is 1.39. The fourth-order valence-corrected chi connectivity index (χ4v) is 6.21. The average Bonchev–Trinajstić information content (AvgIpc) is 3.66. The van der Waals surface area contributed by atoms with Gasteiger partial charge in [0.25, 0.3) is 16.0 Å². The normalized spacial score (nSPS) is 12.7. The summed E-state index contributed by atoms with van der Waals surface area (Å²) in [7, 11) is -4.15. The van der Waals surface area contributed by atoms with E-state index in [1.165, 1.54) is 5.56 Å². The first-order chi connectivity index (χ1) is 20.9. The molecule has 0 spiro atoms. The Morgan fingerprint density at radius 3 is 2.30 bits per heavy atom. The predicted molar refractivity (Wildman–Crippen MR) is 176 cm³/mol. The molecule has 2 N–H and O–H groups in total. The third-order valence-electron chi connectivity index (χ3n) is 7.39. The van der Waals surface area contributed by atoms with Crippen LogP contribution in [0.2, 0.25) is 5.02 Å². The monoisotopic (exact) mass is 648 g/mol. The van der Waals surface area contributed by atoms with Gasteiger partial charge in [-0.15, -0.1) is 11.3 Å². The van der Waals surface area contributed by atoms with E-state index in [0.29, 0.717) is 22.8 Å². The van der Waals surface area contributed by atoms with E-state index >= 15 is 0 Å². The first-order valence-electron chi connectivity index (χ1n) is 14.1. The molecule has 44 heavy (non-hydrogen) atoms. The standard InChI is InChI=1S/C34H33ClN2O5S2/c1-34(2,3)27-12-8-24(9-13-27)29(18-22-4-6-25(7-5-22)33(38)36-16-17-44(39,40)41)30-20-31(42-37-30)32-19-26(21-43-32)23-10-14-28(35)15-11-23/h4-15,19-21,29H,16-18H2,1-3H3,(H,36,38)(H,39,40,41). The lowest BCUT2D eigenvalue weighted by atomic mass is 9.83. The van der Waals surface area contributed by atoms with Gasteiger partial charge in [0.05, 0.1) is 16.3 Å². The number of amides is 1. The first kappa shape index (κ1) is 31.7. The summed E-state index contributed by atoms with van der Waals surface area (Å²) in [6.45, 7) is 6.38.